The first-order valence-electron chi connectivity index (χ1n) is 8.70. The molecular weight excluding hydrogens is 368 g/mol. The Bertz CT molecular complexity index is 664. The lowest BCUT2D eigenvalue weighted by Gasteiger charge is -2.38. The van der Waals surface area contributed by atoms with Crippen molar-refractivity contribution in [2.45, 2.75) is 64.0 Å². The van der Waals surface area contributed by atoms with Crippen molar-refractivity contribution in [3.8, 4) is 0 Å². The van der Waals surface area contributed by atoms with E-state index in [2.05, 4.69) is 0 Å². The number of benzene rings is 1. The Morgan fingerprint density at radius 3 is 2.04 bits per heavy atom. The van der Waals surface area contributed by atoms with Crippen LogP contribution in [0.4, 0.5) is 0 Å². The summed E-state index contributed by atoms with van der Waals surface area (Å²) in [6.45, 7) is 9.93. The smallest absolute Gasteiger partial charge is 0.349 e. The minimum Gasteiger partial charge on any atom is -0.481 e. The average Bonchev–Trinajstić information content (AvgIpc) is 2.51. The van der Waals surface area contributed by atoms with E-state index in [0.717, 1.165) is 0 Å². The van der Waals surface area contributed by atoms with Crippen molar-refractivity contribution in [3.05, 3.63) is 35.9 Å². The van der Waals surface area contributed by atoms with Crippen molar-refractivity contribution >= 4 is 26.2 Å². The Kier molecular flexibility index (Phi) is 7.73. The van der Waals surface area contributed by atoms with Crippen LogP contribution in [-0.2, 0) is 23.5 Å². The monoisotopic (exact) mass is 396 g/mol. The molecule has 1 aromatic carbocycles. The van der Waals surface area contributed by atoms with Crippen molar-refractivity contribution in [2.75, 3.05) is 0 Å². The Morgan fingerprint density at radius 1 is 1.04 bits per heavy atom. The van der Waals surface area contributed by atoms with E-state index in [9.17, 15) is 19.5 Å². The van der Waals surface area contributed by atoms with Crippen LogP contribution in [-0.4, -0.2) is 42.5 Å². The number of hydrogen-bond acceptors (Lipinski definition) is 5. The number of carbonyl (C=O) groups is 3. The lowest BCUT2D eigenvalue weighted by atomic mass is 10.1. The summed E-state index contributed by atoms with van der Waals surface area (Å²) >= 11 is 0. The number of carbonyl (C=O) groups excluding carboxylic acids is 1. The zero-order valence-corrected chi connectivity index (χ0v) is 17.4. The number of hydrogen-bond donors (Lipinski definition) is 2. The molecule has 0 fully saturated rings. The molecule has 0 radical (unpaired) electrons. The lowest BCUT2D eigenvalue weighted by Crippen LogP contribution is -2.45. The van der Waals surface area contributed by atoms with Crippen molar-refractivity contribution in [1.82, 2.24) is 0 Å². The van der Waals surface area contributed by atoms with Gasteiger partial charge in [-0.2, -0.15) is 0 Å². The number of ether oxygens (including phenoxy) is 1. The zero-order chi connectivity index (χ0) is 20.8. The van der Waals surface area contributed by atoms with E-state index in [4.69, 9.17) is 14.3 Å². The summed E-state index contributed by atoms with van der Waals surface area (Å²) in [7, 11) is -2.31. The summed E-state index contributed by atoms with van der Waals surface area (Å²) < 4.78 is 11.2. The predicted molar refractivity (Wildman–Crippen MR) is 102 cm³/mol. The third-order valence-corrected chi connectivity index (χ3v) is 9.17. The molecule has 150 valence electrons. The number of aliphatic carboxylic acids is 2. The summed E-state index contributed by atoms with van der Waals surface area (Å²) in [6, 6.07) is 8.11. The summed E-state index contributed by atoms with van der Waals surface area (Å²) in [4.78, 5) is 34.9. The molecule has 2 atom stereocenters. The standard InChI is InChI=1S/C19H28O7Si/c1-19(2,3)27(4,5)26-14(11-15(20)21)12-16(22)25-17(18(23)24)13-9-7-6-8-10-13/h6-10,14,17H,11-12H2,1-5H3,(H,20,21)(H,23,24)/t14-,17-/m1/s1. The van der Waals surface area contributed by atoms with Gasteiger partial charge in [0.25, 0.3) is 0 Å². The largest absolute Gasteiger partial charge is 0.481 e. The van der Waals surface area contributed by atoms with E-state index in [1.54, 1.807) is 30.3 Å². The van der Waals surface area contributed by atoms with E-state index in [0.29, 0.717) is 5.56 Å². The number of carboxylic acid groups (broad SMARTS) is 2. The van der Waals surface area contributed by atoms with Gasteiger partial charge in [0.15, 0.2) is 8.32 Å². The molecule has 7 nitrogen and oxygen atoms in total. The molecule has 2 N–H and O–H groups in total. The van der Waals surface area contributed by atoms with Gasteiger partial charge in [-0.25, -0.2) is 4.79 Å². The molecule has 0 aliphatic rings. The molecule has 0 bridgehead atoms. The van der Waals surface area contributed by atoms with Crippen LogP contribution in [0.15, 0.2) is 30.3 Å². The van der Waals surface area contributed by atoms with Gasteiger partial charge in [0.1, 0.15) is 0 Å². The highest BCUT2D eigenvalue weighted by atomic mass is 28.4. The fourth-order valence-electron chi connectivity index (χ4n) is 2.20. The van der Waals surface area contributed by atoms with E-state index in [1.165, 1.54) is 0 Å². The molecule has 0 heterocycles. The Hall–Kier alpha value is -2.19. The molecule has 27 heavy (non-hydrogen) atoms. The molecule has 0 aliphatic carbocycles. The summed E-state index contributed by atoms with van der Waals surface area (Å²) in [5.41, 5.74) is 0.332. The Balaban J connectivity index is 2.89. The summed E-state index contributed by atoms with van der Waals surface area (Å²) in [5, 5.41) is 18.3. The van der Waals surface area contributed by atoms with Gasteiger partial charge >= 0.3 is 17.9 Å². The Morgan fingerprint density at radius 2 is 1.59 bits per heavy atom. The molecule has 0 aromatic heterocycles. The number of rotatable bonds is 9. The molecule has 0 spiro atoms. The normalized spacial score (nSPS) is 14.3. The molecule has 0 aliphatic heterocycles. The maximum absolute atomic E-state index is 12.3. The van der Waals surface area contributed by atoms with E-state index >= 15 is 0 Å². The SMILES string of the molecule is CC(C)(C)[Si](C)(C)O[C@H](CC(=O)O)CC(=O)O[C@@H](C(=O)O)c1ccccc1. The van der Waals surface area contributed by atoms with Crippen LogP contribution in [0.2, 0.25) is 18.1 Å². The average molecular weight is 397 g/mol. The quantitative estimate of drug-likeness (QED) is 0.484. The molecule has 0 saturated carbocycles. The predicted octanol–water partition coefficient (Wildman–Crippen LogP) is 3.61. The van der Waals surface area contributed by atoms with Gasteiger partial charge in [-0.3, -0.25) is 9.59 Å². The second-order valence-electron chi connectivity index (χ2n) is 7.92. The first-order chi connectivity index (χ1) is 12.3. The molecule has 1 rings (SSSR count). The van der Waals surface area contributed by atoms with Crippen LogP contribution in [0.25, 0.3) is 0 Å². The van der Waals surface area contributed by atoms with Gasteiger partial charge < -0.3 is 19.4 Å². The second kappa shape index (κ2) is 9.14. The molecule has 8 heteroatoms. The highest BCUT2D eigenvalue weighted by molar-refractivity contribution is 6.74. The first-order valence-corrected chi connectivity index (χ1v) is 11.6. The molecule has 0 saturated heterocycles. The highest BCUT2D eigenvalue weighted by Crippen LogP contribution is 2.38. The van der Waals surface area contributed by atoms with Crippen LogP contribution in [0.5, 0.6) is 0 Å². The molecular formula is C19H28O7Si. The van der Waals surface area contributed by atoms with E-state index < -0.39 is 38.4 Å². The zero-order valence-electron chi connectivity index (χ0n) is 16.4. The molecule has 0 unspecified atom stereocenters. The van der Waals surface area contributed by atoms with Crippen LogP contribution in [0.3, 0.4) is 0 Å². The van der Waals surface area contributed by atoms with Crippen LogP contribution in [0.1, 0.15) is 45.3 Å². The van der Waals surface area contributed by atoms with Crippen LogP contribution in [0, 0.1) is 0 Å². The molecule has 1 aromatic rings. The van der Waals surface area contributed by atoms with Crippen molar-refractivity contribution in [2.24, 2.45) is 0 Å². The van der Waals surface area contributed by atoms with Crippen LogP contribution >= 0.6 is 0 Å². The minimum atomic E-state index is -2.31. The third kappa shape index (κ3) is 7.14. The van der Waals surface area contributed by atoms with Crippen LogP contribution < -0.4 is 0 Å². The van der Waals surface area contributed by atoms with Gasteiger partial charge in [0.2, 0.25) is 6.10 Å². The third-order valence-electron chi connectivity index (χ3n) is 4.64. The maximum atomic E-state index is 12.3. The topological polar surface area (TPSA) is 110 Å². The fraction of sp³-hybridized carbons (Fsp3) is 0.526. The van der Waals surface area contributed by atoms with Crippen molar-refractivity contribution in [3.63, 3.8) is 0 Å². The van der Waals surface area contributed by atoms with Gasteiger partial charge in [-0.1, -0.05) is 51.1 Å². The van der Waals surface area contributed by atoms with Gasteiger partial charge in [-0.15, -0.1) is 0 Å². The van der Waals surface area contributed by atoms with E-state index in [-0.39, 0.29) is 17.9 Å². The number of carboxylic acids is 2. The summed E-state index contributed by atoms with van der Waals surface area (Å²) in [6.07, 6.45) is -3.00. The van der Waals surface area contributed by atoms with E-state index in [1.807, 2.05) is 33.9 Å². The van der Waals surface area contributed by atoms with Gasteiger partial charge in [0.05, 0.1) is 18.9 Å². The Labute approximate surface area is 160 Å². The molecule has 0 amide bonds. The van der Waals surface area contributed by atoms with Gasteiger partial charge in [-0.05, 0) is 18.1 Å². The van der Waals surface area contributed by atoms with Crippen molar-refractivity contribution in [1.29, 1.82) is 0 Å². The minimum absolute atomic E-state index is 0.165. The lowest BCUT2D eigenvalue weighted by molar-refractivity contribution is -0.166. The van der Waals surface area contributed by atoms with Gasteiger partial charge in [0, 0.05) is 5.56 Å². The van der Waals surface area contributed by atoms with Crippen molar-refractivity contribution < 1.29 is 33.8 Å². The summed E-state index contributed by atoms with van der Waals surface area (Å²) in [5.74, 6) is -3.20. The first kappa shape index (κ1) is 22.8. The number of esters is 1. The maximum Gasteiger partial charge on any atom is 0.349 e. The highest BCUT2D eigenvalue weighted by Gasteiger charge is 2.40. The second-order valence-corrected chi connectivity index (χ2v) is 12.7. The fourth-order valence-corrected chi connectivity index (χ4v) is 3.55.